The Labute approximate surface area is 136 Å². The zero-order chi connectivity index (χ0) is 16.9. The van der Waals surface area contributed by atoms with Crippen LogP contribution in [0.4, 0.5) is 4.79 Å². The van der Waals surface area contributed by atoms with Gasteiger partial charge in [-0.3, -0.25) is 0 Å². The van der Waals surface area contributed by atoms with E-state index in [2.05, 4.69) is 5.32 Å². The van der Waals surface area contributed by atoms with Gasteiger partial charge in [0, 0.05) is 6.54 Å². The van der Waals surface area contributed by atoms with E-state index in [-0.39, 0.29) is 4.90 Å². The molecule has 0 unspecified atom stereocenters. The van der Waals surface area contributed by atoms with E-state index >= 15 is 0 Å². The first-order valence-corrected chi connectivity index (χ1v) is 8.78. The van der Waals surface area contributed by atoms with Crippen molar-refractivity contribution in [2.75, 3.05) is 6.54 Å². The van der Waals surface area contributed by atoms with E-state index < -0.39 is 16.1 Å². The Balaban J connectivity index is 1.88. The van der Waals surface area contributed by atoms with Gasteiger partial charge in [-0.2, -0.15) is 0 Å². The first-order valence-electron chi connectivity index (χ1n) is 7.30. The Kier molecular flexibility index (Phi) is 5.39. The van der Waals surface area contributed by atoms with Gasteiger partial charge >= 0.3 is 6.03 Å². The van der Waals surface area contributed by atoms with Gasteiger partial charge in [0.25, 0.3) is 10.0 Å². The van der Waals surface area contributed by atoms with E-state index in [1.807, 2.05) is 42.8 Å². The third-order valence-corrected chi connectivity index (χ3v) is 4.69. The minimum atomic E-state index is -3.84. The second-order valence-corrected chi connectivity index (χ2v) is 7.10. The Morgan fingerprint density at radius 3 is 2.35 bits per heavy atom. The monoisotopic (exact) mass is 332 g/mol. The van der Waals surface area contributed by atoms with E-state index in [1.54, 1.807) is 12.1 Å². The van der Waals surface area contributed by atoms with E-state index in [0.29, 0.717) is 13.0 Å². The molecule has 0 radical (unpaired) electrons. The summed E-state index contributed by atoms with van der Waals surface area (Å²) < 4.78 is 26.1. The van der Waals surface area contributed by atoms with Gasteiger partial charge in [-0.25, -0.2) is 17.9 Å². The van der Waals surface area contributed by atoms with Crippen LogP contribution >= 0.6 is 0 Å². The molecule has 0 aromatic heterocycles. The van der Waals surface area contributed by atoms with Gasteiger partial charge in [0.15, 0.2) is 0 Å². The van der Waals surface area contributed by atoms with Crippen molar-refractivity contribution in [1.82, 2.24) is 10.0 Å². The van der Waals surface area contributed by atoms with Crippen LogP contribution < -0.4 is 10.0 Å². The molecule has 0 heterocycles. The average Bonchev–Trinajstić information content (AvgIpc) is 2.47. The van der Waals surface area contributed by atoms with Crippen LogP contribution in [-0.4, -0.2) is 21.0 Å². The van der Waals surface area contributed by atoms with E-state index in [0.717, 1.165) is 16.7 Å². The molecule has 0 atom stereocenters. The summed E-state index contributed by atoms with van der Waals surface area (Å²) in [6.07, 6.45) is 0.639. The maximum Gasteiger partial charge on any atom is 0.328 e. The van der Waals surface area contributed by atoms with Crippen molar-refractivity contribution >= 4 is 16.1 Å². The topological polar surface area (TPSA) is 75.3 Å². The fourth-order valence-electron chi connectivity index (χ4n) is 2.12. The first kappa shape index (κ1) is 17.0. The van der Waals surface area contributed by atoms with Crippen LogP contribution in [-0.2, 0) is 16.4 Å². The van der Waals surface area contributed by atoms with Gasteiger partial charge in [0.05, 0.1) is 4.90 Å². The Morgan fingerprint density at radius 1 is 1.00 bits per heavy atom. The number of carbonyl (C=O) groups is 1. The highest BCUT2D eigenvalue weighted by atomic mass is 32.2. The van der Waals surface area contributed by atoms with Crippen molar-refractivity contribution in [1.29, 1.82) is 0 Å². The highest BCUT2D eigenvalue weighted by Gasteiger charge is 2.16. The van der Waals surface area contributed by atoms with E-state index in [9.17, 15) is 13.2 Å². The largest absolute Gasteiger partial charge is 0.337 e. The number of hydrogen-bond acceptors (Lipinski definition) is 3. The number of sulfonamides is 1. The van der Waals surface area contributed by atoms with E-state index in [1.165, 1.54) is 12.1 Å². The Morgan fingerprint density at radius 2 is 1.70 bits per heavy atom. The zero-order valence-corrected chi connectivity index (χ0v) is 14.0. The third-order valence-electron chi connectivity index (χ3n) is 3.34. The van der Waals surface area contributed by atoms with E-state index in [4.69, 9.17) is 0 Å². The molecule has 23 heavy (non-hydrogen) atoms. The normalized spacial score (nSPS) is 11.0. The van der Waals surface area contributed by atoms with Crippen molar-refractivity contribution in [3.8, 4) is 0 Å². The first-order chi connectivity index (χ1) is 10.9. The molecule has 2 aromatic carbocycles. The molecule has 0 aliphatic heterocycles. The predicted molar refractivity (Wildman–Crippen MR) is 89.8 cm³/mol. The van der Waals surface area contributed by atoms with Crippen LogP contribution in [0.25, 0.3) is 0 Å². The van der Waals surface area contributed by atoms with Crippen molar-refractivity contribution in [2.45, 2.75) is 25.2 Å². The van der Waals surface area contributed by atoms with Crippen LogP contribution in [0.5, 0.6) is 0 Å². The molecule has 0 aliphatic carbocycles. The molecule has 6 heteroatoms. The third kappa shape index (κ3) is 5.10. The van der Waals surface area contributed by atoms with Gasteiger partial charge in [-0.1, -0.05) is 47.5 Å². The number of urea groups is 1. The number of carbonyl (C=O) groups excluding carboxylic acids is 1. The highest BCUT2D eigenvalue weighted by molar-refractivity contribution is 7.90. The van der Waals surface area contributed by atoms with Crippen LogP contribution in [0.2, 0.25) is 0 Å². The molecule has 0 bridgehead atoms. The molecule has 0 fully saturated rings. The number of nitrogens with one attached hydrogen (secondary N) is 2. The van der Waals surface area contributed by atoms with Gasteiger partial charge < -0.3 is 5.32 Å². The molecule has 0 spiro atoms. The lowest BCUT2D eigenvalue weighted by atomic mass is 10.1. The maximum atomic E-state index is 12.1. The lowest BCUT2D eigenvalue weighted by Crippen LogP contribution is -2.40. The highest BCUT2D eigenvalue weighted by Crippen LogP contribution is 2.09. The molecule has 0 saturated heterocycles. The molecule has 5 nitrogen and oxygen atoms in total. The lowest BCUT2D eigenvalue weighted by molar-refractivity contribution is 0.246. The van der Waals surface area contributed by atoms with Gasteiger partial charge in [-0.05, 0) is 38.0 Å². The van der Waals surface area contributed by atoms with Gasteiger partial charge in [0.2, 0.25) is 0 Å². The summed E-state index contributed by atoms with van der Waals surface area (Å²) in [6.45, 7) is 4.22. The second kappa shape index (κ2) is 7.28. The fraction of sp³-hybridized carbons (Fsp3) is 0.235. The number of hydrogen-bond donors (Lipinski definition) is 2. The van der Waals surface area contributed by atoms with Crippen molar-refractivity contribution in [3.63, 3.8) is 0 Å². The minimum Gasteiger partial charge on any atom is -0.337 e. The molecule has 2 N–H and O–H groups in total. The molecule has 2 amide bonds. The predicted octanol–water partition coefficient (Wildman–Crippen LogP) is 2.53. The summed E-state index contributed by atoms with van der Waals surface area (Å²) in [6, 6.07) is 13.5. The van der Waals surface area contributed by atoms with Crippen LogP contribution in [0.3, 0.4) is 0 Å². The number of aryl methyl sites for hydroxylation is 2. The summed E-state index contributed by atoms with van der Waals surface area (Å²) in [5.41, 5.74) is 3.19. The molecule has 0 saturated carbocycles. The number of amides is 2. The summed E-state index contributed by atoms with van der Waals surface area (Å²) in [5.74, 6) is 0. The zero-order valence-electron chi connectivity index (χ0n) is 13.2. The quantitative estimate of drug-likeness (QED) is 0.883. The average molecular weight is 332 g/mol. The van der Waals surface area contributed by atoms with Crippen molar-refractivity contribution in [2.24, 2.45) is 0 Å². The standard InChI is InChI=1S/C17H20N2O3S/c1-13-6-8-16(9-7-13)23(21,22)19-17(20)18-11-10-15-5-3-4-14(2)12-15/h3-9,12H,10-11H2,1-2H3,(H2,18,19,20). The van der Waals surface area contributed by atoms with Gasteiger partial charge in [0.1, 0.15) is 0 Å². The minimum absolute atomic E-state index is 0.0666. The SMILES string of the molecule is Cc1ccc(S(=O)(=O)NC(=O)NCCc2cccc(C)c2)cc1. The second-order valence-electron chi connectivity index (χ2n) is 5.41. The lowest BCUT2D eigenvalue weighted by Gasteiger charge is -2.09. The molecular weight excluding hydrogens is 312 g/mol. The molecular formula is C17H20N2O3S. The summed E-state index contributed by atoms with van der Waals surface area (Å²) >= 11 is 0. The fourth-order valence-corrected chi connectivity index (χ4v) is 3.05. The summed E-state index contributed by atoms with van der Waals surface area (Å²) in [7, 11) is -3.84. The van der Waals surface area contributed by atoms with Crippen LogP contribution in [0.15, 0.2) is 53.4 Å². The number of benzene rings is 2. The Hall–Kier alpha value is -2.34. The van der Waals surface area contributed by atoms with Crippen LogP contribution in [0.1, 0.15) is 16.7 Å². The van der Waals surface area contributed by atoms with Crippen LogP contribution in [0, 0.1) is 13.8 Å². The smallest absolute Gasteiger partial charge is 0.328 e. The molecule has 2 rings (SSSR count). The summed E-state index contributed by atoms with van der Waals surface area (Å²) in [4.78, 5) is 11.8. The molecule has 0 aliphatic rings. The number of rotatable bonds is 5. The Bertz CT molecular complexity index is 784. The van der Waals surface area contributed by atoms with Gasteiger partial charge in [-0.15, -0.1) is 0 Å². The molecule has 2 aromatic rings. The maximum absolute atomic E-state index is 12.1. The molecule has 122 valence electrons. The van der Waals surface area contributed by atoms with Crippen molar-refractivity contribution < 1.29 is 13.2 Å². The van der Waals surface area contributed by atoms with Crippen molar-refractivity contribution in [3.05, 3.63) is 65.2 Å². The summed E-state index contributed by atoms with van der Waals surface area (Å²) in [5, 5.41) is 2.56.